The summed E-state index contributed by atoms with van der Waals surface area (Å²) in [6.45, 7) is 3.94. The Bertz CT molecular complexity index is 568. The van der Waals surface area contributed by atoms with Crippen molar-refractivity contribution in [2.24, 2.45) is 0 Å². The van der Waals surface area contributed by atoms with Crippen molar-refractivity contribution in [3.63, 3.8) is 0 Å². The molecule has 2 aromatic heterocycles. The van der Waals surface area contributed by atoms with Gasteiger partial charge in [-0.3, -0.25) is 4.98 Å². The van der Waals surface area contributed by atoms with Crippen molar-refractivity contribution in [1.82, 2.24) is 15.1 Å². The average molecular weight is 228 g/mol. The Morgan fingerprint density at radius 3 is 2.94 bits per heavy atom. The standard InChI is InChI=1S/C12H12N4O/c1-8-6-9(2)11(14-7-8)12-15-10(17-16-12)4-3-5-13/h6-7H,3-4H2,1-2H3. The largest absolute Gasteiger partial charge is 0.339 e. The van der Waals surface area contributed by atoms with Crippen molar-refractivity contribution in [1.29, 1.82) is 5.26 Å². The number of nitriles is 1. The monoisotopic (exact) mass is 228 g/mol. The molecule has 0 spiro atoms. The van der Waals surface area contributed by atoms with E-state index < -0.39 is 0 Å². The maximum absolute atomic E-state index is 8.47. The lowest BCUT2D eigenvalue weighted by Crippen LogP contribution is -1.91. The Hall–Kier alpha value is -2.22. The average Bonchev–Trinajstić information content (AvgIpc) is 2.75. The van der Waals surface area contributed by atoms with Gasteiger partial charge in [0.2, 0.25) is 11.7 Å². The number of hydrogen-bond donors (Lipinski definition) is 0. The van der Waals surface area contributed by atoms with Gasteiger partial charge in [0.25, 0.3) is 0 Å². The number of pyridine rings is 1. The first-order valence-electron chi connectivity index (χ1n) is 5.34. The van der Waals surface area contributed by atoms with E-state index in [4.69, 9.17) is 9.78 Å². The summed E-state index contributed by atoms with van der Waals surface area (Å²) in [4.78, 5) is 8.51. The summed E-state index contributed by atoms with van der Waals surface area (Å²) in [5.41, 5.74) is 2.83. The zero-order chi connectivity index (χ0) is 12.3. The molecule has 0 aromatic carbocycles. The molecule has 0 amide bonds. The highest BCUT2D eigenvalue weighted by atomic mass is 16.5. The van der Waals surface area contributed by atoms with E-state index in [1.54, 1.807) is 6.20 Å². The van der Waals surface area contributed by atoms with E-state index >= 15 is 0 Å². The van der Waals surface area contributed by atoms with E-state index in [2.05, 4.69) is 15.1 Å². The Labute approximate surface area is 99.1 Å². The molecule has 0 saturated carbocycles. The maximum Gasteiger partial charge on any atom is 0.228 e. The highest BCUT2D eigenvalue weighted by Crippen LogP contribution is 2.18. The molecule has 2 rings (SSSR count). The molecular formula is C12H12N4O. The van der Waals surface area contributed by atoms with Gasteiger partial charge in [-0.15, -0.1) is 0 Å². The van der Waals surface area contributed by atoms with Crippen LogP contribution in [0.25, 0.3) is 11.5 Å². The smallest absolute Gasteiger partial charge is 0.228 e. The molecule has 2 aromatic rings. The molecule has 0 N–H and O–H groups in total. The third-order valence-electron chi connectivity index (χ3n) is 2.35. The molecule has 17 heavy (non-hydrogen) atoms. The maximum atomic E-state index is 8.47. The van der Waals surface area contributed by atoms with E-state index in [0.717, 1.165) is 16.8 Å². The van der Waals surface area contributed by atoms with Gasteiger partial charge in [0.1, 0.15) is 5.69 Å². The third-order valence-corrected chi connectivity index (χ3v) is 2.35. The van der Waals surface area contributed by atoms with Gasteiger partial charge < -0.3 is 4.52 Å². The van der Waals surface area contributed by atoms with Crippen LogP contribution in [-0.4, -0.2) is 15.1 Å². The van der Waals surface area contributed by atoms with Crippen molar-refractivity contribution in [3.8, 4) is 17.6 Å². The van der Waals surface area contributed by atoms with E-state index in [0.29, 0.717) is 24.6 Å². The van der Waals surface area contributed by atoms with Crippen molar-refractivity contribution in [2.45, 2.75) is 26.7 Å². The first-order chi connectivity index (χ1) is 8.20. The van der Waals surface area contributed by atoms with Gasteiger partial charge in [-0.2, -0.15) is 10.2 Å². The normalized spacial score (nSPS) is 10.2. The summed E-state index contributed by atoms with van der Waals surface area (Å²) < 4.78 is 5.05. The highest BCUT2D eigenvalue weighted by molar-refractivity contribution is 5.53. The van der Waals surface area contributed by atoms with Crippen molar-refractivity contribution < 1.29 is 4.52 Å². The molecule has 0 aliphatic rings. The molecule has 0 atom stereocenters. The van der Waals surface area contributed by atoms with Gasteiger partial charge in [0.15, 0.2) is 0 Å². The molecule has 0 saturated heterocycles. The van der Waals surface area contributed by atoms with E-state index in [9.17, 15) is 0 Å². The lowest BCUT2D eigenvalue weighted by molar-refractivity contribution is 0.380. The number of rotatable bonds is 3. The van der Waals surface area contributed by atoms with Crippen LogP contribution in [0, 0.1) is 25.2 Å². The van der Waals surface area contributed by atoms with Gasteiger partial charge in [0.05, 0.1) is 6.07 Å². The fraction of sp³-hybridized carbons (Fsp3) is 0.333. The molecule has 0 aliphatic carbocycles. The van der Waals surface area contributed by atoms with Gasteiger partial charge in [-0.1, -0.05) is 11.2 Å². The highest BCUT2D eigenvalue weighted by Gasteiger charge is 2.11. The Morgan fingerprint density at radius 2 is 2.24 bits per heavy atom. The molecule has 0 fully saturated rings. The molecule has 0 bridgehead atoms. The number of hydrogen-bond acceptors (Lipinski definition) is 5. The van der Waals surface area contributed by atoms with Crippen molar-refractivity contribution in [3.05, 3.63) is 29.3 Å². The summed E-state index contributed by atoms with van der Waals surface area (Å²) in [6, 6.07) is 4.06. The zero-order valence-corrected chi connectivity index (χ0v) is 9.77. The fourth-order valence-electron chi connectivity index (χ4n) is 1.56. The minimum Gasteiger partial charge on any atom is -0.339 e. The second kappa shape index (κ2) is 4.74. The predicted octanol–water partition coefficient (Wildman–Crippen LogP) is 2.20. The summed E-state index contributed by atoms with van der Waals surface area (Å²) in [5.74, 6) is 0.957. The molecule has 0 radical (unpaired) electrons. The van der Waals surface area contributed by atoms with E-state index in [-0.39, 0.29) is 0 Å². The lowest BCUT2D eigenvalue weighted by Gasteiger charge is -2.00. The van der Waals surface area contributed by atoms with Crippen LogP contribution in [0.2, 0.25) is 0 Å². The van der Waals surface area contributed by atoms with E-state index in [1.165, 1.54) is 0 Å². The van der Waals surface area contributed by atoms with Crippen LogP contribution in [0.15, 0.2) is 16.8 Å². The Balaban J connectivity index is 2.28. The molecule has 86 valence electrons. The minimum absolute atomic E-state index is 0.377. The topological polar surface area (TPSA) is 75.6 Å². The van der Waals surface area contributed by atoms with Crippen LogP contribution in [0.1, 0.15) is 23.4 Å². The van der Waals surface area contributed by atoms with Gasteiger partial charge in [-0.05, 0) is 25.0 Å². The molecule has 0 aliphatic heterocycles. The number of nitrogens with zero attached hydrogens (tertiary/aromatic N) is 4. The van der Waals surface area contributed by atoms with Crippen LogP contribution in [0.5, 0.6) is 0 Å². The summed E-state index contributed by atoms with van der Waals surface area (Å²) in [7, 11) is 0. The van der Waals surface area contributed by atoms with Crippen molar-refractivity contribution in [2.75, 3.05) is 0 Å². The fourth-order valence-corrected chi connectivity index (χ4v) is 1.56. The van der Waals surface area contributed by atoms with Crippen LogP contribution < -0.4 is 0 Å². The second-order valence-electron chi connectivity index (χ2n) is 3.85. The van der Waals surface area contributed by atoms with Crippen LogP contribution >= 0.6 is 0 Å². The van der Waals surface area contributed by atoms with E-state index in [1.807, 2.05) is 26.0 Å². The number of aryl methyl sites for hydroxylation is 3. The second-order valence-corrected chi connectivity index (χ2v) is 3.85. The Kier molecular flexibility index (Phi) is 3.15. The minimum atomic E-state index is 0.377. The predicted molar refractivity (Wildman–Crippen MR) is 60.9 cm³/mol. The van der Waals surface area contributed by atoms with Crippen LogP contribution in [-0.2, 0) is 6.42 Å². The third kappa shape index (κ3) is 2.48. The molecular weight excluding hydrogens is 216 g/mol. The first kappa shape index (κ1) is 11.3. The molecule has 5 nitrogen and oxygen atoms in total. The molecule has 5 heteroatoms. The summed E-state index contributed by atoms with van der Waals surface area (Å²) in [6.07, 6.45) is 2.63. The number of aromatic nitrogens is 3. The SMILES string of the molecule is Cc1cnc(-c2noc(CCC#N)n2)c(C)c1. The quantitative estimate of drug-likeness (QED) is 0.804. The first-order valence-corrected chi connectivity index (χ1v) is 5.34. The van der Waals surface area contributed by atoms with Crippen LogP contribution in [0.4, 0.5) is 0 Å². The van der Waals surface area contributed by atoms with Crippen molar-refractivity contribution >= 4 is 0 Å². The summed E-state index contributed by atoms with van der Waals surface area (Å²) >= 11 is 0. The zero-order valence-electron chi connectivity index (χ0n) is 9.77. The van der Waals surface area contributed by atoms with Crippen LogP contribution in [0.3, 0.4) is 0 Å². The van der Waals surface area contributed by atoms with Gasteiger partial charge in [0, 0.05) is 19.0 Å². The Morgan fingerprint density at radius 1 is 1.41 bits per heavy atom. The summed E-state index contributed by atoms with van der Waals surface area (Å²) in [5, 5.41) is 12.3. The molecule has 2 heterocycles. The van der Waals surface area contributed by atoms with Gasteiger partial charge in [-0.25, -0.2) is 0 Å². The lowest BCUT2D eigenvalue weighted by atomic mass is 10.1. The molecule has 0 unspecified atom stereocenters. The van der Waals surface area contributed by atoms with Gasteiger partial charge >= 0.3 is 0 Å².